The highest BCUT2D eigenvalue weighted by molar-refractivity contribution is 7.07. The van der Waals surface area contributed by atoms with Gasteiger partial charge in [0.2, 0.25) is 5.91 Å². The van der Waals surface area contributed by atoms with Crippen LogP contribution in [0.2, 0.25) is 0 Å². The predicted octanol–water partition coefficient (Wildman–Crippen LogP) is 1.64. The monoisotopic (exact) mass is 287 g/mol. The van der Waals surface area contributed by atoms with E-state index in [0.717, 1.165) is 5.56 Å². The molecule has 0 aliphatic carbocycles. The van der Waals surface area contributed by atoms with Gasteiger partial charge in [-0.25, -0.2) is 0 Å². The first-order chi connectivity index (χ1) is 9.65. The lowest BCUT2D eigenvalue weighted by molar-refractivity contribution is -0.124. The Labute approximate surface area is 119 Å². The van der Waals surface area contributed by atoms with Gasteiger partial charge >= 0.3 is 0 Å². The van der Waals surface area contributed by atoms with Gasteiger partial charge in [-0.2, -0.15) is 4.99 Å². The number of hydrogen-bond donors (Lipinski definition) is 1. The van der Waals surface area contributed by atoms with Gasteiger partial charge in [-0.05, 0) is 11.6 Å². The number of aromatic nitrogens is 1. The molecule has 0 bridgehead atoms. The minimum absolute atomic E-state index is 0.146. The molecule has 5 nitrogen and oxygen atoms in total. The fourth-order valence-corrected chi connectivity index (χ4v) is 2.97. The molecule has 2 aromatic rings. The second-order valence-electron chi connectivity index (χ2n) is 4.64. The fourth-order valence-electron chi connectivity index (χ4n) is 2.24. The van der Waals surface area contributed by atoms with Gasteiger partial charge in [-0.15, -0.1) is 11.3 Å². The number of anilines is 1. The average Bonchev–Trinajstić information content (AvgIpc) is 2.83. The van der Waals surface area contributed by atoms with Crippen LogP contribution in [0.4, 0.5) is 5.69 Å². The Morgan fingerprint density at radius 2 is 2.25 bits per heavy atom. The van der Waals surface area contributed by atoms with E-state index in [-0.39, 0.29) is 18.2 Å². The summed E-state index contributed by atoms with van der Waals surface area (Å²) in [5, 5.41) is 4.65. The molecule has 1 aromatic heterocycles. The van der Waals surface area contributed by atoms with E-state index in [1.165, 1.54) is 11.3 Å². The third kappa shape index (κ3) is 2.30. The first-order valence-electron chi connectivity index (χ1n) is 6.22. The van der Waals surface area contributed by atoms with E-state index >= 15 is 0 Å². The largest absolute Gasteiger partial charge is 0.327 e. The summed E-state index contributed by atoms with van der Waals surface area (Å²) in [6.45, 7) is 0. The van der Waals surface area contributed by atoms with Crippen molar-refractivity contribution in [2.45, 2.75) is 12.3 Å². The van der Waals surface area contributed by atoms with Gasteiger partial charge in [0.25, 0.3) is 5.91 Å². The third-order valence-corrected chi connectivity index (χ3v) is 4.11. The SMILES string of the molecule is Cn1ccsc1=NC(=O)C1CC(=O)Nc2ccccc21. The number of rotatable bonds is 1. The first kappa shape index (κ1) is 12.8. The van der Waals surface area contributed by atoms with E-state index in [2.05, 4.69) is 10.3 Å². The van der Waals surface area contributed by atoms with E-state index in [9.17, 15) is 9.59 Å². The molecule has 0 fully saturated rings. The van der Waals surface area contributed by atoms with Crippen molar-refractivity contribution in [3.63, 3.8) is 0 Å². The van der Waals surface area contributed by atoms with Gasteiger partial charge in [-0.3, -0.25) is 9.59 Å². The summed E-state index contributed by atoms with van der Waals surface area (Å²) in [5.74, 6) is -0.916. The maximum atomic E-state index is 12.4. The molecule has 6 heteroatoms. The summed E-state index contributed by atoms with van der Waals surface area (Å²) < 4.78 is 1.79. The van der Waals surface area contributed by atoms with Crippen LogP contribution in [0.3, 0.4) is 0 Å². The van der Waals surface area contributed by atoms with E-state index in [0.29, 0.717) is 10.5 Å². The molecule has 0 radical (unpaired) electrons. The molecule has 1 N–H and O–H groups in total. The quantitative estimate of drug-likeness (QED) is 0.866. The van der Waals surface area contributed by atoms with Crippen LogP contribution in [-0.2, 0) is 16.6 Å². The second-order valence-corrected chi connectivity index (χ2v) is 5.51. The van der Waals surface area contributed by atoms with E-state index in [1.807, 2.05) is 36.8 Å². The lowest BCUT2D eigenvalue weighted by Gasteiger charge is -2.22. The first-order valence-corrected chi connectivity index (χ1v) is 7.10. The number of hydrogen-bond acceptors (Lipinski definition) is 3. The molecule has 3 rings (SSSR count). The number of carbonyl (C=O) groups excluding carboxylic acids is 2. The normalized spacial score (nSPS) is 18.6. The van der Waals surface area contributed by atoms with Crippen LogP contribution in [-0.4, -0.2) is 16.4 Å². The molecule has 1 aliphatic rings. The Morgan fingerprint density at radius 3 is 3.00 bits per heavy atom. The molecule has 0 saturated carbocycles. The summed E-state index contributed by atoms with van der Waals surface area (Å²) >= 11 is 1.40. The Morgan fingerprint density at radius 1 is 1.45 bits per heavy atom. The van der Waals surface area contributed by atoms with Crippen LogP contribution in [0.15, 0.2) is 40.8 Å². The smallest absolute Gasteiger partial charge is 0.256 e. The summed E-state index contributed by atoms with van der Waals surface area (Å²) in [5.41, 5.74) is 1.54. The van der Waals surface area contributed by atoms with E-state index < -0.39 is 5.92 Å². The Hall–Kier alpha value is -2.21. The standard InChI is InChI=1S/C14H13N3O2S/c1-17-6-7-20-14(17)16-13(19)10-8-12(18)15-11-5-3-2-4-9(10)11/h2-7,10H,8H2,1H3,(H,15,18). The topological polar surface area (TPSA) is 63.5 Å². The average molecular weight is 287 g/mol. The molecule has 2 amide bonds. The van der Waals surface area contributed by atoms with E-state index in [4.69, 9.17) is 0 Å². The number of carbonyl (C=O) groups is 2. The maximum Gasteiger partial charge on any atom is 0.256 e. The van der Waals surface area contributed by atoms with E-state index in [1.54, 1.807) is 10.6 Å². The van der Waals surface area contributed by atoms with Gasteiger partial charge in [0, 0.05) is 30.7 Å². The molecule has 102 valence electrons. The lowest BCUT2D eigenvalue weighted by atomic mass is 9.90. The fraction of sp³-hybridized carbons (Fsp3) is 0.214. The second kappa shape index (κ2) is 5.05. The number of aryl methyl sites for hydroxylation is 1. The molecule has 1 unspecified atom stereocenters. The van der Waals surface area contributed by atoms with Crippen LogP contribution >= 0.6 is 11.3 Å². The highest BCUT2D eigenvalue weighted by Crippen LogP contribution is 2.32. The molecule has 0 saturated heterocycles. The maximum absolute atomic E-state index is 12.4. The zero-order chi connectivity index (χ0) is 14.1. The van der Waals surface area contributed by atoms with Crippen molar-refractivity contribution in [2.24, 2.45) is 12.0 Å². The number of benzene rings is 1. The molecule has 20 heavy (non-hydrogen) atoms. The van der Waals surface area contributed by atoms with Crippen LogP contribution in [0.5, 0.6) is 0 Å². The Kier molecular flexibility index (Phi) is 3.23. The third-order valence-electron chi connectivity index (χ3n) is 3.26. The Balaban J connectivity index is 2.01. The molecule has 2 heterocycles. The zero-order valence-corrected chi connectivity index (χ0v) is 11.7. The summed E-state index contributed by atoms with van der Waals surface area (Å²) in [6, 6.07) is 7.36. The molecule has 1 aliphatic heterocycles. The van der Waals surface area contributed by atoms with Crippen LogP contribution in [0.25, 0.3) is 0 Å². The zero-order valence-electron chi connectivity index (χ0n) is 10.9. The number of nitrogens with one attached hydrogen (secondary N) is 1. The van der Waals surface area contributed by atoms with Crippen molar-refractivity contribution in [1.29, 1.82) is 0 Å². The number of amides is 2. The van der Waals surface area contributed by atoms with Gasteiger partial charge in [0.1, 0.15) is 0 Å². The van der Waals surface area contributed by atoms with Crippen LogP contribution in [0.1, 0.15) is 17.9 Å². The Bertz CT molecular complexity index is 745. The van der Waals surface area contributed by atoms with Crippen molar-refractivity contribution < 1.29 is 9.59 Å². The number of nitrogens with zero attached hydrogens (tertiary/aromatic N) is 2. The molecular formula is C14H13N3O2S. The van der Waals surface area contributed by atoms with Crippen molar-refractivity contribution in [3.8, 4) is 0 Å². The molecule has 1 atom stereocenters. The minimum atomic E-state index is -0.498. The van der Waals surface area contributed by atoms with Gasteiger partial charge in [-0.1, -0.05) is 18.2 Å². The van der Waals surface area contributed by atoms with Crippen molar-refractivity contribution in [1.82, 2.24) is 4.57 Å². The highest BCUT2D eigenvalue weighted by Gasteiger charge is 2.30. The molecule has 0 spiro atoms. The number of fused-ring (bicyclic) bond motifs is 1. The van der Waals surface area contributed by atoms with Gasteiger partial charge in [0.05, 0.1) is 5.92 Å². The summed E-state index contributed by atoms with van der Waals surface area (Å²) in [7, 11) is 1.84. The minimum Gasteiger partial charge on any atom is -0.327 e. The lowest BCUT2D eigenvalue weighted by Crippen LogP contribution is -2.27. The number of para-hydroxylation sites is 1. The summed E-state index contributed by atoms with van der Waals surface area (Å²) in [4.78, 5) is 28.9. The van der Waals surface area contributed by atoms with Crippen molar-refractivity contribution >= 4 is 28.8 Å². The van der Waals surface area contributed by atoms with Crippen molar-refractivity contribution in [2.75, 3.05) is 5.32 Å². The van der Waals surface area contributed by atoms with Crippen molar-refractivity contribution in [3.05, 3.63) is 46.2 Å². The van der Waals surface area contributed by atoms with Crippen LogP contribution in [0, 0.1) is 0 Å². The van der Waals surface area contributed by atoms with Gasteiger partial charge < -0.3 is 9.88 Å². The molecular weight excluding hydrogens is 274 g/mol. The summed E-state index contributed by atoms with van der Waals surface area (Å²) in [6.07, 6.45) is 1.99. The van der Waals surface area contributed by atoms with Crippen LogP contribution < -0.4 is 10.1 Å². The van der Waals surface area contributed by atoms with Gasteiger partial charge in [0.15, 0.2) is 4.80 Å². The highest BCUT2D eigenvalue weighted by atomic mass is 32.1. The predicted molar refractivity (Wildman–Crippen MR) is 76.3 cm³/mol. The molecule has 1 aromatic carbocycles. The number of thiazole rings is 1.